The first-order chi connectivity index (χ1) is 11.5. The van der Waals surface area contributed by atoms with Crippen LogP contribution < -0.4 is 4.72 Å². The van der Waals surface area contributed by atoms with Crippen LogP contribution in [-0.4, -0.2) is 49.5 Å². The van der Waals surface area contributed by atoms with E-state index in [0.29, 0.717) is 11.9 Å². The van der Waals surface area contributed by atoms with E-state index in [4.69, 9.17) is 0 Å². The molecule has 1 heterocycles. The maximum Gasteiger partial charge on any atom is 0.243 e. The summed E-state index contributed by atoms with van der Waals surface area (Å²) in [6.45, 7) is 0. The molecule has 2 aromatic rings. The zero-order valence-electron chi connectivity index (χ0n) is 13.9. The summed E-state index contributed by atoms with van der Waals surface area (Å²) >= 11 is 0. The molecule has 2 atom stereocenters. The largest absolute Gasteiger partial charge is 0.306 e. The molecule has 0 amide bonds. The zero-order valence-corrected chi connectivity index (χ0v) is 14.7. The van der Waals surface area contributed by atoms with Crippen molar-refractivity contribution in [3.8, 4) is 11.4 Å². The third-order valence-electron chi connectivity index (χ3n) is 4.43. The molecule has 0 spiro atoms. The van der Waals surface area contributed by atoms with Crippen molar-refractivity contribution in [1.82, 2.24) is 19.6 Å². The summed E-state index contributed by atoms with van der Waals surface area (Å²) in [5.41, 5.74) is 0.860. The summed E-state index contributed by atoms with van der Waals surface area (Å²) in [6, 6.07) is 9.88. The van der Waals surface area contributed by atoms with Crippen molar-refractivity contribution in [2.24, 2.45) is 0 Å². The van der Waals surface area contributed by atoms with Gasteiger partial charge in [-0.05, 0) is 33.4 Å². The number of benzene rings is 1. The van der Waals surface area contributed by atoms with Gasteiger partial charge < -0.3 is 4.90 Å². The molecule has 0 unspecified atom stereocenters. The number of hydrogen-bond donors (Lipinski definition) is 1. The van der Waals surface area contributed by atoms with Crippen LogP contribution in [0.3, 0.4) is 0 Å². The minimum absolute atomic E-state index is 0.0313. The Labute approximate surface area is 143 Å². The Morgan fingerprint density at radius 1 is 1.08 bits per heavy atom. The molecular weight excluding hydrogens is 324 g/mol. The van der Waals surface area contributed by atoms with Crippen molar-refractivity contribution in [3.05, 3.63) is 42.7 Å². The summed E-state index contributed by atoms with van der Waals surface area (Å²) in [6.07, 6.45) is 5.43. The van der Waals surface area contributed by atoms with Crippen LogP contribution in [-0.2, 0) is 10.0 Å². The highest BCUT2D eigenvalue weighted by Crippen LogP contribution is 2.24. The van der Waals surface area contributed by atoms with Crippen molar-refractivity contribution < 1.29 is 8.42 Å². The number of rotatable bonds is 5. The molecule has 1 fully saturated rings. The highest BCUT2D eigenvalue weighted by Gasteiger charge is 2.29. The molecule has 6 nitrogen and oxygen atoms in total. The second kappa shape index (κ2) is 6.96. The van der Waals surface area contributed by atoms with Crippen molar-refractivity contribution in [3.63, 3.8) is 0 Å². The lowest BCUT2D eigenvalue weighted by Crippen LogP contribution is -2.35. The average molecular weight is 346 g/mol. The van der Waals surface area contributed by atoms with E-state index in [-0.39, 0.29) is 10.9 Å². The molecular formula is C17H22N4O2S. The fraction of sp³-hybridized carbons (Fsp3) is 0.412. The van der Waals surface area contributed by atoms with Crippen molar-refractivity contribution in [1.29, 1.82) is 0 Å². The monoisotopic (exact) mass is 346 g/mol. The van der Waals surface area contributed by atoms with Gasteiger partial charge in [-0.15, -0.1) is 0 Å². The van der Waals surface area contributed by atoms with Crippen LogP contribution in [0, 0.1) is 0 Å². The van der Waals surface area contributed by atoms with Gasteiger partial charge in [0.2, 0.25) is 10.0 Å². The topological polar surface area (TPSA) is 75.2 Å². The van der Waals surface area contributed by atoms with Crippen molar-refractivity contribution >= 4 is 10.0 Å². The molecule has 24 heavy (non-hydrogen) atoms. The summed E-state index contributed by atoms with van der Waals surface area (Å²) in [5, 5.41) is 0. The van der Waals surface area contributed by atoms with E-state index in [2.05, 4.69) is 19.6 Å². The minimum atomic E-state index is -3.59. The van der Waals surface area contributed by atoms with E-state index in [9.17, 15) is 8.42 Å². The highest BCUT2D eigenvalue weighted by molar-refractivity contribution is 7.89. The number of nitrogens with zero attached hydrogens (tertiary/aromatic N) is 3. The van der Waals surface area contributed by atoms with Crippen LogP contribution in [0.2, 0.25) is 0 Å². The molecule has 3 rings (SSSR count). The second-order valence-electron chi connectivity index (χ2n) is 6.36. The van der Waals surface area contributed by atoms with Crippen molar-refractivity contribution in [2.45, 2.75) is 36.2 Å². The fourth-order valence-electron chi connectivity index (χ4n) is 3.01. The van der Waals surface area contributed by atoms with Gasteiger partial charge in [0, 0.05) is 17.6 Å². The molecule has 0 radical (unpaired) electrons. The zero-order chi connectivity index (χ0) is 17.2. The van der Waals surface area contributed by atoms with E-state index < -0.39 is 10.0 Å². The van der Waals surface area contributed by atoms with Gasteiger partial charge in [0.15, 0.2) is 5.82 Å². The van der Waals surface area contributed by atoms with E-state index in [0.717, 1.165) is 24.8 Å². The van der Waals surface area contributed by atoms with Gasteiger partial charge in [-0.1, -0.05) is 30.3 Å². The highest BCUT2D eigenvalue weighted by atomic mass is 32.2. The van der Waals surface area contributed by atoms with Gasteiger partial charge in [0.1, 0.15) is 4.90 Å². The molecule has 1 aliphatic carbocycles. The number of aromatic nitrogens is 2. The number of hydrogen-bond acceptors (Lipinski definition) is 5. The first-order valence-electron chi connectivity index (χ1n) is 8.02. The molecule has 0 saturated heterocycles. The van der Waals surface area contributed by atoms with Crippen LogP contribution in [0.25, 0.3) is 11.4 Å². The third-order valence-corrected chi connectivity index (χ3v) is 5.90. The maximum atomic E-state index is 12.5. The molecule has 1 saturated carbocycles. The Morgan fingerprint density at radius 3 is 2.33 bits per heavy atom. The molecule has 128 valence electrons. The molecule has 7 heteroatoms. The van der Waals surface area contributed by atoms with Gasteiger partial charge in [-0.25, -0.2) is 23.1 Å². The van der Waals surface area contributed by atoms with E-state index in [1.54, 1.807) is 0 Å². The maximum absolute atomic E-state index is 12.5. The normalized spacial score (nSPS) is 21.3. The molecule has 1 aromatic carbocycles. The van der Waals surface area contributed by atoms with Crippen LogP contribution in [0.5, 0.6) is 0 Å². The van der Waals surface area contributed by atoms with Crippen LogP contribution in [0.1, 0.15) is 19.3 Å². The lowest BCUT2D eigenvalue weighted by molar-refractivity contribution is 0.295. The van der Waals surface area contributed by atoms with Gasteiger partial charge in [-0.2, -0.15) is 0 Å². The average Bonchev–Trinajstić information content (AvgIpc) is 3.04. The molecule has 1 aliphatic rings. The Kier molecular flexibility index (Phi) is 4.93. The Bertz CT molecular complexity index is 776. The van der Waals surface area contributed by atoms with Gasteiger partial charge >= 0.3 is 0 Å². The third kappa shape index (κ3) is 3.80. The Hall–Kier alpha value is -1.83. The fourth-order valence-corrected chi connectivity index (χ4v) is 4.18. The van der Waals surface area contributed by atoms with Gasteiger partial charge in [-0.3, -0.25) is 0 Å². The summed E-state index contributed by atoms with van der Waals surface area (Å²) < 4.78 is 27.8. The first-order valence-corrected chi connectivity index (χ1v) is 9.50. The first kappa shape index (κ1) is 17.0. The second-order valence-corrected chi connectivity index (χ2v) is 8.07. The summed E-state index contributed by atoms with van der Waals surface area (Å²) in [7, 11) is 0.466. The Balaban J connectivity index is 1.71. The van der Waals surface area contributed by atoms with E-state index >= 15 is 0 Å². The smallest absolute Gasteiger partial charge is 0.243 e. The number of sulfonamides is 1. The molecule has 1 N–H and O–H groups in total. The molecule has 1 aromatic heterocycles. The minimum Gasteiger partial charge on any atom is -0.306 e. The standard InChI is InChI=1S/C17H22N4O2S/c1-21(2)15-9-8-14(10-15)20-24(22,23)16-11-18-17(19-12-16)13-6-4-3-5-7-13/h3-7,11-12,14-15,20H,8-10H2,1-2H3/t14-,15-/m1/s1. The number of nitrogens with one attached hydrogen (secondary N) is 1. The molecule has 0 aliphatic heterocycles. The lowest BCUT2D eigenvalue weighted by atomic mass is 10.2. The van der Waals surface area contributed by atoms with Gasteiger partial charge in [0.25, 0.3) is 0 Å². The Morgan fingerprint density at radius 2 is 1.75 bits per heavy atom. The van der Waals surface area contributed by atoms with Crippen LogP contribution >= 0.6 is 0 Å². The predicted molar refractivity (Wildman–Crippen MR) is 92.9 cm³/mol. The molecule has 0 bridgehead atoms. The summed E-state index contributed by atoms with van der Waals surface area (Å²) in [4.78, 5) is 10.6. The SMILES string of the molecule is CN(C)[C@@H]1CC[C@@H](NS(=O)(=O)c2cnc(-c3ccccc3)nc2)C1. The quantitative estimate of drug-likeness (QED) is 0.895. The van der Waals surface area contributed by atoms with Crippen molar-refractivity contribution in [2.75, 3.05) is 14.1 Å². The van der Waals surface area contributed by atoms with Gasteiger partial charge in [0.05, 0.1) is 12.4 Å². The lowest BCUT2D eigenvalue weighted by Gasteiger charge is -2.19. The van der Waals surface area contributed by atoms with E-state index in [1.165, 1.54) is 12.4 Å². The van der Waals surface area contributed by atoms with E-state index in [1.807, 2.05) is 44.4 Å². The predicted octanol–water partition coefficient (Wildman–Crippen LogP) is 1.90. The summed E-state index contributed by atoms with van der Waals surface area (Å²) in [5.74, 6) is 0.517. The van der Waals surface area contributed by atoms with Crippen LogP contribution in [0.4, 0.5) is 0 Å². The van der Waals surface area contributed by atoms with Crippen LogP contribution in [0.15, 0.2) is 47.6 Å².